The Bertz CT molecular complexity index is 545. The van der Waals surface area contributed by atoms with Crippen LogP contribution in [0, 0.1) is 6.92 Å². The Kier molecular flexibility index (Phi) is 5.83. The predicted molar refractivity (Wildman–Crippen MR) is 77.4 cm³/mol. The molecule has 0 radical (unpaired) electrons. The quantitative estimate of drug-likeness (QED) is 0.373. The van der Waals surface area contributed by atoms with E-state index in [0.717, 1.165) is 5.01 Å². The number of rotatable bonds is 6. The van der Waals surface area contributed by atoms with Gasteiger partial charge in [0, 0.05) is 5.38 Å². The van der Waals surface area contributed by atoms with Crippen molar-refractivity contribution in [2.75, 3.05) is 6.61 Å². The molecule has 1 heterocycles. The van der Waals surface area contributed by atoms with E-state index in [1.54, 1.807) is 33.1 Å². The van der Waals surface area contributed by atoms with Crippen molar-refractivity contribution in [2.24, 2.45) is 5.16 Å². The molecular weight excluding hydrogens is 296 g/mol. The number of carboxylic acid groups (broad SMARTS) is 1. The lowest BCUT2D eigenvalue weighted by Gasteiger charge is -2.19. The number of aliphatic carboxylic acids is 1. The number of nitrogens with zero attached hydrogens (tertiary/aromatic N) is 2. The predicted octanol–water partition coefficient (Wildman–Crippen LogP) is 1.99. The van der Waals surface area contributed by atoms with Crippen molar-refractivity contribution in [3.05, 3.63) is 16.1 Å². The molecule has 0 aromatic carbocycles. The van der Waals surface area contributed by atoms with Crippen LogP contribution < -0.4 is 0 Å². The van der Waals surface area contributed by atoms with E-state index in [0.29, 0.717) is 0 Å². The van der Waals surface area contributed by atoms with E-state index in [1.165, 1.54) is 11.3 Å². The Hall–Kier alpha value is -1.96. The lowest BCUT2D eigenvalue weighted by Crippen LogP contribution is -2.24. The average molecular weight is 314 g/mol. The largest absolute Gasteiger partial charge is 0.476 e. The maximum Gasteiger partial charge on any atom is 0.360 e. The van der Waals surface area contributed by atoms with Gasteiger partial charge >= 0.3 is 11.9 Å². The summed E-state index contributed by atoms with van der Waals surface area (Å²) in [4.78, 5) is 31.4. The van der Waals surface area contributed by atoms with E-state index < -0.39 is 17.5 Å². The van der Waals surface area contributed by atoms with Gasteiger partial charge in [0.25, 0.3) is 0 Å². The molecule has 1 rings (SSSR count). The van der Waals surface area contributed by atoms with Crippen molar-refractivity contribution >= 4 is 29.0 Å². The highest BCUT2D eigenvalue weighted by Gasteiger charge is 2.18. The van der Waals surface area contributed by atoms with Crippen LogP contribution in [-0.4, -0.2) is 39.9 Å². The van der Waals surface area contributed by atoms with Crippen LogP contribution in [-0.2, 0) is 19.2 Å². The first-order valence-electron chi connectivity index (χ1n) is 6.26. The van der Waals surface area contributed by atoms with Crippen molar-refractivity contribution in [1.29, 1.82) is 0 Å². The van der Waals surface area contributed by atoms with Crippen LogP contribution in [0.2, 0.25) is 0 Å². The van der Waals surface area contributed by atoms with Gasteiger partial charge in [-0.1, -0.05) is 5.16 Å². The minimum atomic E-state index is -1.24. The topological polar surface area (TPSA) is 98.1 Å². The van der Waals surface area contributed by atoms with Crippen LogP contribution >= 0.6 is 11.3 Å². The zero-order valence-corrected chi connectivity index (χ0v) is 13.2. The van der Waals surface area contributed by atoms with Gasteiger partial charge < -0.3 is 14.7 Å². The fraction of sp³-hybridized carbons (Fsp3) is 0.538. The monoisotopic (exact) mass is 314 g/mol. The minimum Gasteiger partial charge on any atom is -0.476 e. The number of hydrogen-bond donors (Lipinski definition) is 1. The highest BCUT2D eigenvalue weighted by molar-refractivity contribution is 7.09. The number of carboxylic acids is 1. The van der Waals surface area contributed by atoms with Gasteiger partial charge in [0.05, 0.1) is 11.4 Å². The maximum absolute atomic E-state index is 11.4. The lowest BCUT2D eigenvalue weighted by molar-refractivity contribution is -0.156. The average Bonchev–Trinajstić information content (AvgIpc) is 2.72. The van der Waals surface area contributed by atoms with E-state index in [9.17, 15) is 9.59 Å². The van der Waals surface area contributed by atoms with Gasteiger partial charge in [-0.05, 0) is 27.7 Å². The van der Waals surface area contributed by atoms with E-state index >= 15 is 0 Å². The maximum atomic E-state index is 11.4. The van der Waals surface area contributed by atoms with Crippen LogP contribution in [0.3, 0.4) is 0 Å². The Morgan fingerprint density at radius 1 is 1.43 bits per heavy atom. The summed E-state index contributed by atoms with van der Waals surface area (Å²) in [5.41, 5.74) is -0.615. The van der Waals surface area contributed by atoms with E-state index in [-0.39, 0.29) is 24.4 Å². The third-order valence-electron chi connectivity index (χ3n) is 2.04. The van der Waals surface area contributed by atoms with Crippen LogP contribution in [0.25, 0.3) is 0 Å². The third-order valence-corrected chi connectivity index (χ3v) is 2.81. The van der Waals surface area contributed by atoms with Crippen molar-refractivity contribution in [3.8, 4) is 0 Å². The molecule has 0 spiro atoms. The standard InChI is InChI=1S/C13H18N2O5S/c1-8-14-9(7-21-8)11(12(17)18)15-19-6-5-10(16)20-13(2,3)4/h7H,5-6H2,1-4H3,(H,17,18)/b15-11-. The fourth-order valence-electron chi connectivity index (χ4n) is 1.30. The van der Waals surface area contributed by atoms with E-state index in [4.69, 9.17) is 14.7 Å². The normalized spacial score (nSPS) is 12.1. The molecule has 1 aromatic rings. The van der Waals surface area contributed by atoms with Crippen molar-refractivity contribution < 1.29 is 24.3 Å². The Morgan fingerprint density at radius 2 is 2.10 bits per heavy atom. The van der Waals surface area contributed by atoms with Crippen LogP contribution in [0.5, 0.6) is 0 Å². The van der Waals surface area contributed by atoms with Crippen LogP contribution in [0.15, 0.2) is 10.5 Å². The van der Waals surface area contributed by atoms with Gasteiger partial charge in [-0.3, -0.25) is 4.79 Å². The number of aryl methyl sites for hydroxylation is 1. The summed E-state index contributed by atoms with van der Waals surface area (Å²) < 4.78 is 5.09. The molecule has 1 aromatic heterocycles. The first-order valence-corrected chi connectivity index (χ1v) is 7.14. The highest BCUT2D eigenvalue weighted by Crippen LogP contribution is 2.10. The van der Waals surface area contributed by atoms with Gasteiger partial charge in [-0.2, -0.15) is 0 Å². The highest BCUT2D eigenvalue weighted by atomic mass is 32.1. The van der Waals surface area contributed by atoms with E-state index in [1.807, 2.05) is 0 Å². The summed E-state index contributed by atoms with van der Waals surface area (Å²) in [6, 6.07) is 0. The molecular formula is C13H18N2O5S. The van der Waals surface area contributed by atoms with Crippen LogP contribution in [0.1, 0.15) is 37.9 Å². The molecule has 0 saturated carbocycles. The molecule has 0 aliphatic carbocycles. The summed E-state index contributed by atoms with van der Waals surface area (Å²) in [7, 11) is 0. The number of oxime groups is 1. The number of ether oxygens (including phenoxy) is 1. The van der Waals surface area contributed by atoms with Gasteiger partial charge in [-0.15, -0.1) is 11.3 Å². The summed E-state index contributed by atoms with van der Waals surface area (Å²) in [5, 5.41) is 14.9. The second-order valence-electron chi connectivity index (χ2n) is 5.17. The molecule has 0 aliphatic heterocycles. The molecule has 0 fully saturated rings. The first-order chi connectivity index (χ1) is 9.69. The third kappa shape index (κ3) is 6.35. The number of hydrogen-bond acceptors (Lipinski definition) is 7. The number of carbonyl (C=O) groups is 2. The second-order valence-corrected chi connectivity index (χ2v) is 6.23. The smallest absolute Gasteiger partial charge is 0.360 e. The van der Waals surface area contributed by atoms with Crippen molar-refractivity contribution in [3.63, 3.8) is 0 Å². The molecule has 7 nitrogen and oxygen atoms in total. The molecule has 1 N–H and O–H groups in total. The molecule has 0 unspecified atom stereocenters. The molecule has 0 saturated heterocycles. The lowest BCUT2D eigenvalue weighted by atomic mass is 10.2. The summed E-state index contributed by atoms with van der Waals surface area (Å²) in [6.07, 6.45) is -0.0102. The first kappa shape index (κ1) is 17.1. The molecule has 0 bridgehead atoms. The molecule has 21 heavy (non-hydrogen) atoms. The molecule has 0 atom stereocenters. The summed E-state index contributed by atoms with van der Waals surface area (Å²) in [5.74, 6) is -1.67. The Labute approximate surface area is 126 Å². The van der Waals surface area contributed by atoms with Crippen molar-refractivity contribution in [2.45, 2.75) is 39.7 Å². The van der Waals surface area contributed by atoms with Gasteiger partial charge in [0.1, 0.15) is 17.9 Å². The minimum absolute atomic E-state index is 0.0102. The number of carbonyl (C=O) groups excluding carboxylic acids is 1. The number of aromatic nitrogens is 1. The van der Waals surface area contributed by atoms with Gasteiger partial charge in [0.2, 0.25) is 5.71 Å². The number of esters is 1. The fourth-order valence-corrected chi connectivity index (χ4v) is 1.90. The molecule has 116 valence electrons. The molecule has 0 amide bonds. The van der Waals surface area contributed by atoms with Gasteiger partial charge in [0.15, 0.2) is 0 Å². The Morgan fingerprint density at radius 3 is 2.57 bits per heavy atom. The summed E-state index contributed by atoms with van der Waals surface area (Å²) >= 11 is 1.32. The van der Waals surface area contributed by atoms with Gasteiger partial charge in [-0.25, -0.2) is 9.78 Å². The summed E-state index contributed by atoms with van der Waals surface area (Å²) in [6.45, 7) is 6.98. The zero-order chi connectivity index (χ0) is 16.0. The second kappa shape index (κ2) is 7.16. The van der Waals surface area contributed by atoms with E-state index in [2.05, 4.69) is 10.1 Å². The van der Waals surface area contributed by atoms with Crippen molar-refractivity contribution in [1.82, 2.24) is 4.98 Å². The van der Waals surface area contributed by atoms with Crippen LogP contribution in [0.4, 0.5) is 0 Å². The molecule has 0 aliphatic rings. The SMILES string of the molecule is Cc1nc(/C(=N/OCCC(=O)OC(C)(C)C)C(=O)O)cs1. The zero-order valence-electron chi connectivity index (χ0n) is 12.4. The number of thiazole rings is 1. The molecule has 8 heteroatoms. The Balaban J connectivity index is 2.53.